The Bertz CT molecular complexity index is 358. The number of nitrogens with two attached hydrogens (primary N) is 1. The van der Waals surface area contributed by atoms with Crippen LogP contribution in [0.5, 0.6) is 0 Å². The van der Waals surface area contributed by atoms with Gasteiger partial charge >= 0.3 is 0 Å². The average molecular weight is 263 g/mol. The van der Waals surface area contributed by atoms with Gasteiger partial charge in [0.2, 0.25) is 0 Å². The van der Waals surface area contributed by atoms with Crippen molar-refractivity contribution in [3.8, 4) is 0 Å². The fourth-order valence-corrected chi connectivity index (χ4v) is 4.00. The topological polar surface area (TPSA) is 26.0 Å². The Balaban J connectivity index is 1.72. The van der Waals surface area contributed by atoms with Crippen LogP contribution in [0.25, 0.3) is 0 Å². The molecule has 0 bridgehead atoms. The molecular weight excluding hydrogens is 238 g/mol. The second-order valence-corrected chi connectivity index (χ2v) is 6.88. The van der Waals surface area contributed by atoms with Crippen LogP contribution in [-0.2, 0) is 6.42 Å². The molecule has 1 saturated carbocycles. The average Bonchev–Trinajstić information content (AvgIpc) is 2.38. The van der Waals surface area contributed by atoms with Crippen LogP contribution >= 0.6 is 11.8 Å². The summed E-state index contributed by atoms with van der Waals surface area (Å²) in [5.74, 6) is 1.11. The van der Waals surface area contributed by atoms with Crippen LogP contribution in [0.4, 0.5) is 0 Å². The predicted molar refractivity (Wildman–Crippen MR) is 82.2 cm³/mol. The van der Waals surface area contributed by atoms with E-state index in [1.54, 1.807) is 0 Å². The molecule has 0 aromatic heterocycles. The maximum atomic E-state index is 6.25. The van der Waals surface area contributed by atoms with Gasteiger partial charge in [0.15, 0.2) is 0 Å². The first-order valence-electron chi connectivity index (χ1n) is 7.17. The van der Waals surface area contributed by atoms with E-state index in [0.717, 1.165) is 17.4 Å². The molecule has 0 heterocycles. The molecular formula is C16H25NS. The number of hydrogen-bond acceptors (Lipinski definition) is 2. The highest BCUT2D eigenvalue weighted by molar-refractivity contribution is 7.99. The molecule has 18 heavy (non-hydrogen) atoms. The summed E-state index contributed by atoms with van der Waals surface area (Å²) in [5, 5.41) is 0.877. The fourth-order valence-electron chi connectivity index (χ4n) is 2.69. The van der Waals surface area contributed by atoms with Gasteiger partial charge in [0.25, 0.3) is 0 Å². The first kappa shape index (κ1) is 14.0. The molecule has 1 fully saturated rings. The fraction of sp³-hybridized carbons (Fsp3) is 0.625. The summed E-state index contributed by atoms with van der Waals surface area (Å²) in [4.78, 5) is 0. The van der Waals surface area contributed by atoms with Crippen molar-refractivity contribution >= 4 is 11.8 Å². The quantitative estimate of drug-likeness (QED) is 0.871. The van der Waals surface area contributed by atoms with Gasteiger partial charge in [-0.15, -0.1) is 0 Å². The lowest BCUT2D eigenvalue weighted by molar-refractivity contribution is 0.515. The molecule has 2 rings (SSSR count). The van der Waals surface area contributed by atoms with Crippen molar-refractivity contribution in [2.45, 2.75) is 56.7 Å². The molecule has 1 unspecified atom stereocenters. The van der Waals surface area contributed by atoms with Crippen molar-refractivity contribution in [1.82, 2.24) is 0 Å². The lowest BCUT2D eigenvalue weighted by Crippen LogP contribution is -2.27. The van der Waals surface area contributed by atoms with Crippen LogP contribution in [0.1, 0.15) is 43.2 Å². The first-order chi connectivity index (χ1) is 8.74. The van der Waals surface area contributed by atoms with E-state index in [4.69, 9.17) is 5.73 Å². The van der Waals surface area contributed by atoms with Gasteiger partial charge < -0.3 is 5.73 Å². The third-order valence-corrected chi connectivity index (χ3v) is 5.24. The van der Waals surface area contributed by atoms with E-state index in [2.05, 4.69) is 43.0 Å². The summed E-state index contributed by atoms with van der Waals surface area (Å²) >= 11 is 2.10. The molecule has 1 atom stereocenters. The Hall–Kier alpha value is -0.470. The summed E-state index contributed by atoms with van der Waals surface area (Å²) in [7, 11) is 0. The number of benzene rings is 1. The SMILES string of the molecule is Cc1cccc(CC(N)CSC2CCCCC2)c1. The largest absolute Gasteiger partial charge is 0.327 e. The highest BCUT2D eigenvalue weighted by atomic mass is 32.2. The number of aryl methyl sites for hydroxylation is 1. The zero-order chi connectivity index (χ0) is 12.8. The molecule has 0 aliphatic heterocycles. The van der Waals surface area contributed by atoms with E-state index in [9.17, 15) is 0 Å². The lowest BCUT2D eigenvalue weighted by atomic mass is 10.0. The molecule has 1 aliphatic carbocycles. The van der Waals surface area contributed by atoms with Crippen LogP contribution in [0.15, 0.2) is 24.3 Å². The van der Waals surface area contributed by atoms with Crippen molar-refractivity contribution in [3.63, 3.8) is 0 Å². The molecule has 0 radical (unpaired) electrons. The Morgan fingerprint density at radius 1 is 1.28 bits per heavy atom. The minimum absolute atomic E-state index is 0.304. The van der Waals surface area contributed by atoms with Crippen LogP contribution in [0.2, 0.25) is 0 Å². The first-order valence-corrected chi connectivity index (χ1v) is 8.21. The normalized spacial score (nSPS) is 18.8. The second-order valence-electron chi connectivity index (χ2n) is 5.55. The number of hydrogen-bond donors (Lipinski definition) is 1. The summed E-state index contributed by atoms with van der Waals surface area (Å²) < 4.78 is 0. The third-order valence-electron chi connectivity index (χ3n) is 3.68. The summed E-state index contributed by atoms with van der Waals surface area (Å²) in [6, 6.07) is 9.03. The van der Waals surface area contributed by atoms with E-state index in [1.165, 1.54) is 43.2 Å². The molecule has 0 saturated heterocycles. The van der Waals surface area contributed by atoms with E-state index >= 15 is 0 Å². The minimum atomic E-state index is 0.304. The zero-order valence-electron chi connectivity index (χ0n) is 11.4. The van der Waals surface area contributed by atoms with Crippen LogP contribution in [-0.4, -0.2) is 17.0 Å². The van der Waals surface area contributed by atoms with Crippen LogP contribution < -0.4 is 5.73 Å². The molecule has 1 aromatic rings. The van der Waals surface area contributed by atoms with Crippen molar-refractivity contribution in [2.75, 3.05) is 5.75 Å². The monoisotopic (exact) mass is 263 g/mol. The summed E-state index contributed by atoms with van der Waals surface area (Å²) in [5.41, 5.74) is 8.97. The maximum absolute atomic E-state index is 6.25. The van der Waals surface area contributed by atoms with Gasteiger partial charge in [0.05, 0.1) is 0 Å². The van der Waals surface area contributed by atoms with Gasteiger partial charge in [-0.2, -0.15) is 11.8 Å². The van der Waals surface area contributed by atoms with E-state index in [0.29, 0.717) is 6.04 Å². The van der Waals surface area contributed by atoms with Crippen molar-refractivity contribution in [1.29, 1.82) is 0 Å². The van der Waals surface area contributed by atoms with Crippen molar-refractivity contribution in [2.24, 2.45) is 5.73 Å². The predicted octanol–water partition coefficient (Wildman–Crippen LogP) is 3.93. The lowest BCUT2D eigenvalue weighted by Gasteiger charge is -2.22. The number of thioether (sulfide) groups is 1. The molecule has 0 amide bonds. The Morgan fingerprint density at radius 3 is 2.78 bits per heavy atom. The van der Waals surface area contributed by atoms with E-state index in [1.807, 2.05) is 0 Å². The second kappa shape index (κ2) is 7.20. The van der Waals surface area contributed by atoms with Gasteiger partial charge in [0, 0.05) is 17.0 Å². The summed E-state index contributed by atoms with van der Waals surface area (Å²) in [6.45, 7) is 2.14. The van der Waals surface area contributed by atoms with Crippen LogP contribution in [0.3, 0.4) is 0 Å². The smallest absolute Gasteiger partial charge is 0.0171 e. The molecule has 2 N–H and O–H groups in total. The van der Waals surface area contributed by atoms with Crippen molar-refractivity contribution in [3.05, 3.63) is 35.4 Å². The standard InChI is InChI=1S/C16H25NS/c1-13-6-5-7-14(10-13)11-15(17)12-18-16-8-3-2-4-9-16/h5-7,10,15-16H,2-4,8-9,11-12,17H2,1H3. The Morgan fingerprint density at radius 2 is 2.06 bits per heavy atom. The third kappa shape index (κ3) is 4.66. The molecule has 0 spiro atoms. The molecule has 100 valence electrons. The minimum Gasteiger partial charge on any atom is -0.327 e. The van der Waals surface area contributed by atoms with Gasteiger partial charge in [-0.3, -0.25) is 0 Å². The molecule has 2 heteroatoms. The maximum Gasteiger partial charge on any atom is 0.0171 e. The van der Waals surface area contributed by atoms with E-state index < -0.39 is 0 Å². The zero-order valence-corrected chi connectivity index (χ0v) is 12.2. The van der Waals surface area contributed by atoms with E-state index in [-0.39, 0.29) is 0 Å². The Labute approximate surface area is 116 Å². The highest BCUT2D eigenvalue weighted by Gasteiger charge is 2.15. The van der Waals surface area contributed by atoms with Gasteiger partial charge in [-0.1, -0.05) is 49.1 Å². The van der Waals surface area contributed by atoms with Crippen LogP contribution in [0, 0.1) is 6.92 Å². The number of rotatable bonds is 5. The Kier molecular flexibility index (Phi) is 5.58. The van der Waals surface area contributed by atoms with Gasteiger partial charge in [-0.05, 0) is 31.7 Å². The van der Waals surface area contributed by atoms with Gasteiger partial charge in [-0.25, -0.2) is 0 Å². The molecule has 1 aromatic carbocycles. The molecule has 1 aliphatic rings. The molecule has 1 nitrogen and oxygen atoms in total. The summed E-state index contributed by atoms with van der Waals surface area (Å²) in [6.07, 6.45) is 8.10. The highest BCUT2D eigenvalue weighted by Crippen LogP contribution is 2.28. The van der Waals surface area contributed by atoms with Crippen molar-refractivity contribution < 1.29 is 0 Å². The van der Waals surface area contributed by atoms with Gasteiger partial charge in [0.1, 0.15) is 0 Å².